The molecule has 0 radical (unpaired) electrons. The molecule has 2 aliphatic heterocycles. The quantitative estimate of drug-likeness (QED) is 0.363. The number of thioether (sulfide) groups is 1. The van der Waals surface area contributed by atoms with Crippen LogP contribution >= 0.6 is 35.0 Å². The first-order chi connectivity index (χ1) is 16.5. The molecule has 0 saturated heterocycles. The third-order valence-electron chi connectivity index (χ3n) is 5.56. The van der Waals surface area contributed by atoms with Crippen LogP contribution in [0, 0.1) is 0 Å². The number of methoxy groups -OCH3 is 1. The summed E-state index contributed by atoms with van der Waals surface area (Å²) < 4.78 is 5.21. The van der Waals surface area contributed by atoms with E-state index in [1.807, 2.05) is 83.9 Å². The normalized spacial score (nSPS) is 18.9. The molecule has 0 aromatic heterocycles. The molecular weight excluding hydrogens is 489 g/mol. The van der Waals surface area contributed by atoms with Crippen molar-refractivity contribution in [1.29, 1.82) is 0 Å². The molecule has 0 bridgehead atoms. The van der Waals surface area contributed by atoms with E-state index in [1.165, 1.54) is 11.8 Å². The van der Waals surface area contributed by atoms with Gasteiger partial charge in [-0.1, -0.05) is 59.6 Å². The smallest absolute Gasteiger partial charge is 0.286 e. The first-order valence-corrected chi connectivity index (χ1v) is 12.1. The van der Waals surface area contributed by atoms with Crippen molar-refractivity contribution in [3.05, 3.63) is 104 Å². The zero-order valence-corrected chi connectivity index (χ0v) is 20.4. The van der Waals surface area contributed by atoms with Gasteiger partial charge in [0.1, 0.15) is 5.75 Å². The molecule has 0 spiro atoms. The second-order valence-electron chi connectivity index (χ2n) is 7.75. The van der Waals surface area contributed by atoms with Gasteiger partial charge in [-0.05, 0) is 70.9 Å². The van der Waals surface area contributed by atoms with Crippen LogP contribution in [-0.4, -0.2) is 28.9 Å². The Morgan fingerprint density at radius 2 is 1.62 bits per heavy atom. The van der Waals surface area contributed by atoms with Crippen LogP contribution in [0.25, 0.3) is 6.08 Å². The second-order valence-corrected chi connectivity index (χ2v) is 9.63. The number of halogens is 2. The largest absolute Gasteiger partial charge is 0.497 e. The van der Waals surface area contributed by atoms with Gasteiger partial charge < -0.3 is 4.74 Å². The molecule has 2 heterocycles. The Labute approximate surface area is 211 Å². The van der Waals surface area contributed by atoms with E-state index in [-0.39, 0.29) is 11.9 Å². The van der Waals surface area contributed by atoms with Gasteiger partial charge in [-0.15, -0.1) is 0 Å². The number of amides is 1. The molecule has 5 nitrogen and oxygen atoms in total. The lowest BCUT2D eigenvalue weighted by Crippen LogP contribution is -2.23. The lowest BCUT2D eigenvalue weighted by Gasteiger charge is -2.22. The first-order valence-electron chi connectivity index (χ1n) is 10.5. The molecule has 8 heteroatoms. The molecule has 1 amide bonds. The van der Waals surface area contributed by atoms with Crippen molar-refractivity contribution in [1.82, 2.24) is 5.01 Å². The van der Waals surface area contributed by atoms with Crippen LogP contribution in [0.3, 0.4) is 0 Å². The van der Waals surface area contributed by atoms with Crippen molar-refractivity contribution in [3.8, 4) is 5.75 Å². The number of carbonyl (C=O) groups is 1. The molecule has 3 aromatic rings. The maximum atomic E-state index is 12.7. The molecule has 0 aliphatic carbocycles. The molecule has 2 aliphatic rings. The summed E-state index contributed by atoms with van der Waals surface area (Å²) in [5.41, 5.74) is 3.82. The first kappa shape index (κ1) is 22.7. The minimum atomic E-state index is -0.277. The summed E-state index contributed by atoms with van der Waals surface area (Å²) in [4.78, 5) is 17.6. The highest BCUT2D eigenvalue weighted by Crippen LogP contribution is 2.40. The number of hydrazone groups is 1. The van der Waals surface area contributed by atoms with E-state index in [2.05, 4.69) is 4.99 Å². The Morgan fingerprint density at radius 1 is 0.971 bits per heavy atom. The van der Waals surface area contributed by atoms with Crippen molar-refractivity contribution < 1.29 is 9.53 Å². The van der Waals surface area contributed by atoms with Crippen LogP contribution in [0.2, 0.25) is 10.0 Å². The van der Waals surface area contributed by atoms with Gasteiger partial charge in [0.05, 0.1) is 23.8 Å². The summed E-state index contributed by atoms with van der Waals surface area (Å²) >= 11 is 13.5. The lowest BCUT2D eigenvalue weighted by molar-refractivity contribution is -0.113. The number of benzene rings is 3. The third-order valence-corrected chi connectivity index (χ3v) is 7.04. The molecule has 0 fully saturated rings. The summed E-state index contributed by atoms with van der Waals surface area (Å²) in [5.74, 6) is 0.484. The number of rotatable bonds is 4. The van der Waals surface area contributed by atoms with Gasteiger partial charge >= 0.3 is 0 Å². The Balaban J connectivity index is 1.46. The fraction of sp³-hybridized carbons (Fsp3) is 0.115. The van der Waals surface area contributed by atoms with Crippen LogP contribution in [0.4, 0.5) is 0 Å². The molecule has 0 saturated carbocycles. The van der Waals surface area contributed by atoms with E-state index in [1.54, 1.807) is 7.11 Å². The van der Waals surface area contributed by atoms with Crippen LogP contribution in [0.1, 0.15) is 29.2 Å². The molecule has 0 N–H and O–H groups in total. The Hall–Kier alpha value is -3.06. The van der Waals surface area contributed by atoms with E-state index < -0.39 is 0 Å². The summed E-state index contributed by atoms with van der Waals surface area (Å²) in [7, 11) is 1.62. The third kappa shape index (κ3) is 4.75. The standard InChI is InChI=1S/C26H19Cl2N3O2S/c1-33-21-12-2-16(3-13-21)14-24-25(32)29-26(34-24)31-23(18-6-10-20(28)11-7-18)15-22(30-31)17-4-8-19(27)9-5-17/h2-14,23H,15H2,1H3/b24-14+. The van der Waals surface area contributed by atoms with Crippen LogP contribution in [0.5, 0.6) is 5.75 Å². The van der Waals surface area contributed by atoms with E-state index in [9.17, 15) is 4.79 Å². The van der Waals surface area contributed by atoms with E-state index in [0.29, 0.717) is 26.5 Å². The number of nitrogens with zero attached hydrogens (tertiary/aromatic N) is 3. The Bertz CT molecular complexity index is 1320. The summed E-state index contributed by atoms with van der Waals surface area (Å²) in [6, 6.07) is 22.7. The van der Waals surface area contributed by atoms with Gasteiger partial charge in [0.15, 0.2) is 5.17 Å². The molecule has 3 aromatic carbocycles. The predicted molar refractivity (Wildman–Crippen MR) is 140 cm³/mol. The summed E-state index contributed by atoms with van der Waals surface area (Å²) in [6.07, 6.45) is 2.49. The highest BCUT2D eigenvalue weighted by molar-refractivity contribution is 8.18. The minimum Gasteiger partial charge on any atom is -0.497 e. The van der Waals surface area contributed by atoms with Gasteiger partial charge in [0.2, 0.25) is 0 Å². The minimum absolute atomic E-state index is 0.109. The van der Waals surface area contributed by atoms with Crippen LogP contribution < -0.4 is 4.74 Å². The van der Waals surface area contributed by atoms with Gasteiger partial charge in [-0.25, -0.2) is 5.01 Å². The molecule has 34 heavy (non-hydrogen) atoms. The predicted octanol–water partition coefficient (Wildman–Crippen LogP) is 6.82. The van der Waals surface area contributed by atoms with Crippen molar-refractivity contribution in [2.75, 3.05) is 7.11 Å². The monoisotopic (exact) mass is 507 g/mol. The van der Waals surface area contributed by atoms with Gasteiger partial charge in [-0.3, -0.25) is 4.79 Å². The van der Waals surface area contributed by atoms with E-state index >= 15 is 0 Å². The fourth-order valence-electron chi connectivity index (χ4n) is 3.80. The van der Waals surface area contributed by atoms with Crippen LogP contribution in [-0.2, 0) is 4.79 Å². The number of hydrogen-bond acceptors (Lipinski definition) is 5. The number of hydrogen-bond donors (Lipinski definition) is 0. The number of amidine groups is 1. The number of aliphatic imine (C=N–C) groups is 1. The van der Waals surface area contributed by atoms with Crippen molar-refractivity contribution >= 4 is 57.8 Å². The molecule has 1 atom stereocenters. The van der Waals surface area contributed by atoms with Crippen LogP contribution in [0.15, 0.2) is 87.8 Å². The maximum Gasteiger partial charge on any atom is 0.286 e. The highest BCUT2D eigenvalue weighted by atomic mass is 35.5. The van der Waals surface area contributed by atoms with Crippen molar-refractivity contribution in [2.24, 2.45) is 10.1 Å². The SMILES string of the molecule is COc1ccc(/C=C2/SC(N3N=C(c4ccc(Cl)cc4)CC3c3ccc(Cl)cc3)=NC2=O)cc1. The Kier molecular flexibility index (Phi) is 6.46. The fourth-order valence-corrected chi connectivity index (χ4v) is 4.96. The highest BCUT2D eigenvalue weighted by Gasteiger charge is 2.36. The van der Waals surface area contributed by atoms with Gasteiger partial charge in [-0.2, -0.15) is 10.1 Å². The van der Waals surface area contributed by atoms with Crippen molar-refractivity contribution in [3.63, 3.8) is 0 Å². The second kappa shape index (κ2) is 9.66. The molecule has 5 rings (SSSR count). The topological polar surface area (TPSA) is 54.3 Å². The molecule has 1 unspecified atom stereocenters. The van der Waals surface area contributed by atoms with E-state index in [4.69, 9.17) is 33.0 Å². The molecule has 170 valence electrons. The average molecular weight is 508 g/mol. The average Bonchev–Trinajstić information content (AvgIpc) is 3.45. The molecular formula is C26H19Cl2N3O2S. The summed E-state index contributed by atoms with van der Waals surface area (Å²) in [5, 5.41) is 8.60. The number of ether oxygens (including phenoxy) is 1. The zero-order valence-electron chi connectivity index (χ0n) is 18.1. The van der Waals surface area contributed by atoms with E-state index in [0.717, 1.165) is 28.2 Å². The van der Waals surface area contributed by atoms with Gasteiger partial charge in [0.25, 0.3) is 5.91 Å². The van der Waals surface area contributed by atoms with Crippen molar-refractivity contribution in [2.45, 2.75) is 12.5 Å². The number of carbonyl (C=O) groups excluding carboxylic acids is 1. The lowest BCUT2D eigenvalue weighted by atomic mass is 9.99. The van der Waals surface area contributed by atoms with Gasteiger partial charge in [0, 0.05) is 16.5 Å². The zero-order chi connectivity index (χ0) is 23.7. The maximum absolute atomic E-state index is 12.7. The summed E-state index contributed by atoms with van der Waals surface area (Å²) in [6.45, 7) is 0. The Morgan fingerprint density at radius 3 is 2.26 bits per heavy atom.